The highest BCUT2D eigenvalue weighted by atomic mass is 79.9. The molecule has 0 aliphatic rings. The number of rotatable bonds is 2. The summed E-state index contributed by atoms with van der Waals surface area (Å²) in [5.41, 5.74) is -0.504. The number of alkyl halides is 2. The molecule has 0 amide bonds. The molecule has 0 fully saturated rings. The molecule has 3 nitrogen and oxygen atoms in total. The fourth-order valence-corrected chi connectivity index (χ4v) is 1.64. The Bertz CT molecular complexity index is 469. The van der Waals surface area contributed by atoms with Gasteiger partial charge in [-0.1, -0.05) is 15.9 Å². The highest BCUT2D eigenvalue weighted by Crippen LogP contribution is 2.30. The quantitative estimate of drug-likeness (QED) is 0.786. The molecule has 0 aliphatic heterocycles. The first-order chi connectivity index (χ1) is 7.51. The second-order valence-electron chi connectivity index (χ2n) is 2.82. The zero-order valence-electron chi connectivity index (χ0n) is 8.13. The Balaban J connectivity index is 3.39. The standard InChI is InChI=1S/C10H6BrF2NO2/c1-16-10(15)6-3-8(11)7(9(12)13)2-5(6)4-14/h2-3,9H,1H3. The van der Waals surface area contributed by atoms with Gasteiger partial charge < -0.3 is 4.74 Å². The normalized spacial score (nSPS) is 10.0. The summed E-state index contributed by atoms with van der Waals surface area (Å²) in [5.74, 6) is -0.738. The molecule has 0 heterocycles. The molecule has 0 spiro atoms. The summed E-state index contributed by atoms with van der Waals surface area (Å²) in [6.07, 6.45) is -2.71. The zero-order chi connectivity index (χ0) is 12.3. The SMILES string of the molecule is COC(=O)c1cc(Br)c(C(F)F)cc1C#N. The number of nitriles is 1. The third-order valence-electron chi connectivity index (χ3n) is 1.90. The van der Waals surface area contributed by atoms with Crippen LogP contribution in [0.3, 0.4) is 0 Å². The van der Waals surface area contributed by atoms with Crippen LogP contribution in [0, 0.1) is 11.3 Å². The van der Waals surface area contributed by atoms with Crippen molar-refractivity contribution in [2.75, 3.05) is 7.11 Å². The van der Waals surface area contributed by atoms with Crippen LogP contribution >= 0.6 is 15.9 Å². The Morgan fingerprint density at radius 1 is 1.56 bits per heavy atom. The molecule has 0 aliphatic carbocycles. The fraction of sp³-hybridized carbons (Fsp3) is 0.200. The first-order valence-corrected chi connectivity index (χ1v) is 4.90. The minimum absolute atomic E-state index is 0.0405. The summed E-state index contributed by atoms with van der Waals surface area (Å²) in [6.45, 7) is 0. The minimum Gasteiger partial charge on any atom is -0.465 e. The van der Waals surface area contributed by atoms with E-state index in [9.17, 15) is 13.6 Å². The van der Waals surface area contributed by atoms with Gasteiger partial charge in [0.15, 0.2) is 0 Å². The molecule has 0 bridgehead atoms. The molecule has 0 radical (unpaired) electrons. The molecule has 0 saturated heterocycles. The van der Waals surface area contributed by atoms with Gasteiger partial charge in [0.2, 0.25) is 0 Å². The van der Waals surface area contributed by atoms with E-state index in [2.05, 4.69) is 20.7 Å². The number of halogens is 3. The highest BCUT2D eigenvalue weighted by molar-refractivity contribution is 9.10. The first kappa shape index (κ1) is 12.6. The van der Waals surface area contributed by atoms with Crippen LogP contribution in [0.5, 0.6) is 0 Å². The average Bonchev–Trinajstić information content (AvgIpc) is 2.27. The Hall–Kier alpha value is -1.48. The van der Waals surface area contributed by atoms with E-state index in [4.69, 9.17) is 5.26 Å². The lowest BCUT2D eigenvalue weighted by Crippen LogP contribution is -2.05. The van der Waals surface area contributed by atoms with Crippen molar-refractivity contribution >= 4 is 21.9 Å². The second-order valence-corrected chi connectivity index (χ2v) is 3.68. The summed E-state index contributed by atoms with van der Waals surface area (Å²) in [7, 11) is 1.15. The van der Waals surface area contributed by atoms with Crippen molar-refractivity contribution in [1.29, 1.82) is 5.26 Å². The van der Waals surface area contributed by atoms with Gasteiger partial charge in [-0.2, -0.15) is 5.26 Å². The van der Waals surface area contributed by atoms with Crippen molar-refractivity contribution in [3.05, 3.63) is 33.3 Å². The Morgan fingerprint density at radius 3 is 2.62 bits per heavy atom. The van der Waals surface area contributed by atoms with Gasteiger partial charge in [0.25, 0.3) is 6.43 Å². The molecule has 0 aromatic heterocycles. The van der Waals surface area contributed by atoms with E-state index in [0.717, 1.165) is 19.2 Å². The number of hydrogen-bond acceptors (Lipinski definition) is 3. The average molecular weight is 290 g/mol. The number of carbonyl (C=O) groups excluding carboxylic acids is 1. The maximum atomic E-state index is 12.5. The van der Waals surface area contributed by atoms with Crippen LogP contribution in [0.2, 0.25) is 0 Å². The zero-order valence-corrected chi connectivity index (χ0v) is 9.72. The molecule has 16 heavy (non-hydrogen) atoms. The van der Waals surface area contributed by atoms with E-state index in [1.807, 2.05) is 0 Å². The minimum atomic E-state index is -2.71. The van der Waals surface area contributed by atoms with Crippen LogP contribution in [0.15, 0.2) is 16.6 Å². The van der Waals surface area contributed by atoms with Crippen LogP contribution in [0.4, 0.5) is 8.78 Å². The molecule has 1 aromatic rings. The molecule has 0 atom stereocenters. The van der Waals surface area contributed by atoms with Crippen molar-refractivity contribution in [3.8, 4) is 6.07 Å². The van der Waals surface area contributed by atoms with E-state index in [1.54, 1.807) is 6.07 Å². The summed E-state index contributed by atoms with van der Waals surface area (Å²) >= 11 is 2.91. The molecule has 0 saturated carbocycles. The number of hydrogen-bond donors (Lipinski definition) is 0. The Labute approximate surface area is 98.8 Å². The molecule has 84 valence electrons. The van der Waals surface area contributed by atoms with Crippen LogP contribution in [0.25, 0.3) is 0 Å². The maximum Gasteiger partial charge on any atom is 0.339 e. The lowest BCUT2D eigenvalue weighted by atomic mass is 10.1. The number of esters is 1. The van der Waals surface area contributed by atoms with Crippen LogP contribution in [0.1, 0.15) is 27.9 Å². The van der Waals surface area contributed by atoms with Crippen molar-refractivity contribution < 1.29 is 18.3 Å². The van der Waals surface area contributed by atoms with Crippen molar-refractivity contribution in [3.63, 3.8) is 0 Å². The first-order valence-electron chi connectivity index (χ1n) is 4.11. The van der Waals surface area contributed by atoms with Crippen molar-refractivity contribution in [2.45, 2.75) is 6.43 Å². The lowest BCUT2D eigenvalue weighted by molar-refractivity contribution is 0.0600. The topological polar surface area (TPSA) is 50.1 Å². The van der Waals surface area contributed by atoms with Gasteiger partial charge in [-0.15, -0.1) is 0 Å². The Morgan fingerprint density at radius 2 is 2.19 bits per heavy atom. The van der Waals surface area contributed by atoms with Gasteiger partial charge >= 0.3 is 5.97 Å². The van der Waals surface area contributed by atoms with E-state index >= 15 is 0 Å². The molecule has 0 N–H and O–H groups in total. The third-order valence-corrected chi connectivity index (χ3v) is 2.58. The summed E-state index contributed by atoms with van der Waals surface area (Å²) in [4.78, 5) is 11.2. The Kier molecular flexibility index (Phi) is 3.96. The van der Waals surface area contributed by atoms with Crippen molar-refractivity contribution in [2.24, 2.45) is 0 Å². The lowest BCUT2D eigenvalue weighted by Gasteiger charge is -2.07. The highest BCUT2D eigenvalue weighted by Gasteiger charge is 2.19. The molecule has 1 rings (SSSR count). The molecular weight excluding hydrogens is 284 g/mol. The van der Waals surface area contributed by atoms with Crippen LogP contribution in [-0.2, 0) is 4.74 Å². The number of carbonyl (C=O) groups is 1. The summed E-state index contributed by atoms with van der Waals surface area (Å²) in [6, 6.07) is 3.81. The summed E-state index contributed by atoms with van der Waals surface area (Å²) in [5, 5.41) is 8.74. The van der Waals surface area contributed by atoms with Crippen LogP contribution in [-0.4, -0.2) is 13.1 Å². The second kappa shape index (κ2) is 5.03. The molecular formula is C10H6BrF2NO2. The van der Waals surface area contributed by atoms with Gasteiger partial charge in [-0.05, 0) is 12.1 Å². The van der Waals surface area contributed by atoms with Gasteiger partial charge in [0.05, 0.1) is 18.2 Å². The van der Waals surface area contributed by atoms with Gasteiger partial charge in [0.1, 0.15) is 6.07 Å². The number of ether oxygens (including phenoxy) is 1. The number of methoxy groups -OCH3 is 1. The van der Waals surface area contributed by atoms with Gasteiger partial charge in [0, 0.05) is 10.0 Å². The number of nitrogens with zero attached hydrogens (tertiary/aromatic N) is 1. The van der Waals surface area contributed by atoms with E-state index in [1.165, 1.54) is 0 Å². The van der Waals surface area contributed by atoms with Crippen molar-refractivity contribution in [1.82, 2.24) is 0 Å². The predicted molar refractivity (Wildman–Crippen MR) is 55.2 cm³/mol. The van der Waals surface area contributed by atoms with E-state index < -0.39 is 12.4 Å². The largest absolute Gasteiger partial charge is 0.465 e. The smallest absolute Gasteiger partial charge is 0.339 e. The molecule has 0 unspecified atom stereocenters. The predicted octanol–water partition coefficient (Wildman–Crippen LogP) is 3.04. The third kappa shape index (κ3) is 2.36. The summed E-state index contributed by atoms with van der Waals surface area (Å²) < 4.78 is 29.5. The maximum absolute atomic E-state index is 12.5. The molecule has 1 aromatic carbocycles. The molecule has 6 heteroatoms. The number of benzene rings is 1. The fourth-order valence-electron chi connectivity index (χ4n) is 1.13. The van der Waals surface area contributed by atoms with Gasteiger partial charge in [-0.3, -0.25) is 0 Å². The van der Waals surface area contributed by atoms with E-state index in [0.29, 0.717) is 0 Å². The van der Waals surface area contributed by atoms with Gasteiger partial charge in [-0.25, -0.2) is 13.6 Å². The van der Waals surface area contributed by atoms with Crippen LogP contribution < -0.4 is 0 Å². The van der Waals surface area contributed by atoms with E-state index in [-0.39, 0.29) is 21.2 Å². The monoisotopic (exact) mass is 289 g/mol.